The standard InChI is InChI=1S/C48H55ClF3N7O8S2/c1-46(2,3)67-45(61)57(6)20-19-53-40-14-12-37(27-42(40)68(62,63)48(50,51)52)69(64,65)56-44(60)38-13-11-35(26-41(38)66-36-25-32-16-18-54-43(32)55-29-36)59-23-21-58(22-24-59)30-33-15-17-47(4,5)28-39(33)31-7-9-34(49)10-8-31/h7-14,16,18,25-27,29,53H,15,17,19-24,28,30H2,1-6H3,(H,54,55)(H,56,60). The van der Waals surface area contributed by atoms with Crippen LogP contribution in [0.3, 0.4) is 0 Å². The number of piperazine rings is 1. The van der Waals surface area contributed by atoms with Crippen molar-refractivity contribution in [2.45, 2.75) is 74.8 Å². The molecule has 2 aromatic heterocycles. The highest BCUT2D eigenvalue weighted by Gasteiger charge is 2.48. The first-order chi connectivity index (χ1) is 32.3. The van der Waals surface area contributed by atoms with Gasteiger partial charge >= 0.3 is 11.6 Å². The van der Waals surface area contributed by atoms with Crippen LogP contribution in [-0.2, 0) is 24.6 Å². The molecule has 5 aromatic rings. The maximum atomic E-state index is 14.0. The summed E-state index contributed by atoms with van der Waals surface area (Å²) >= 11 is 6.23. The minimum atomic E-state index is -6.15. The number of nitrogens with zero attached hydrogens (tertiary/aromatic N) is 4. The Bertz CT molecular complexity index is 2980. The Morgan fingerprint density at radius 1 is 0.942 bits per heavy atom. The number of anilines is 2. The van der Waals surface area contributed by atoms with E-state index in [9.17, 15) is 39.6 Å². The van der Waals surface area contributed by atoms with Crippen molar-refractivity contribution in [3.05, 3.63) is 107 Å². The number of benzene rings is 3. The molecule has 0 unspecified atom stereocenters. The van der Waals surface area contributed by atoms with E-state index in [0.717, 1.165) is 55.9 Å². The van der Waals surface area contributed by atoms with Crippen molar-refractivity contribution >= 4 is 71.4 Å². The quantitative estimate of drug-likeness (QED) is 0.0960. The Balaban J connectivity index is 1.12. The van der Waals surface area contributed by atoms with E-state index in [0.29, 0.717) is 40.9 Å². The molecule has 1 aliphatic heterocycles. The number of sulfone groups is 1. The number of carbonyl (C=O) groups is 2. The van der Waals surface area contributed by atoms with E-state index in [-0.39, 0.29) is 35.6 Å². The van der Waals surface area contributed by atoms with Gasteiger partial charge in [-0.1, -0.05) is 43.2 Å². The zero-order chi connectivity index (χ0) is 50.1. The monoisotopic (exact) mass is 1010 g/mol. The van der Waals surface area contributed by atoms with E-state index in [1.54, 1.807) is 51.2 Å². The molecule has 370 valence electrons. The van der Waals surface area contributed by atoms with Crippen LogP contribution in [0.1, 0.15) is 69.8 Å². The molecule has 7 rings (SSSR count). The van der Waals surface area contributed by atoms with Gasteiger partial charge in [-0.2, -0.15) is 13.2 Å². The highest BCUT2D eigenvalue weighted by atomic mass is 35.5. The van der Waals surface area contributed by atoms with E-state index in [4.69, 9.17) is 21.1 Å². The summed E-state index contributed by atoms with van der Waals surface area (Å²) in [6, 6.07) is 18.1. The van der Waals surface area contributed by atoms with Crippen LogP contribution >= 0.6 is 11.6 Å². The summed E-state index contributed by atoms with van der Waals surface area (Å²) < 4.78 is 109. The van der Waals surface area contributed by atoms with Crippen molar-refractivity contribution in [2.75, 3.05) is 63.1 Å². The van der Waals surface area contributed by atoms with Crippen LogP contribution < -0.4 is 19.7 Å². The third-order valence-corrected chi connectivity index (χ3v) is 15.0. The lowest BCUT2D eigenvalue weighted by Crippen LogP contribution is -2.47. The Kier molecular flexibility index (Phi) is 14.7. The molecule has 0 spiro atoms. The first-order valence-electron chi connectivity index (χ1n) is 22.2. The number of ether oxygens (including phenoxy) is 2. The average molecular weight is 1010 g/mol. The number of carbonyl (C=O) groups excluding carboxylic acids is 2. The number of allylic oxidation sites excluding steroid dienone is 1. The molecule has 69 heavy (non-hydrogen) atoms. The number of hydrogen-bond acceptors (Lipinski definition) is 12. The molecule has 0 radical (unpaired) electrons. The number of H-pyrrole nitrogens is 1. The van der Waals surface area contributed by atoms with E-state index in [1.165, 1.54) is 36.0 Å². The summed E-state index contributed by atoms with van der Waals surface area (Å²) in [6.07, 6.45) is 5.41. The Labute approximate surface area is 405 Å². The number of likely N-dealkylation sites (N-methyl/N-ethyl adjacent to an activating group) is 1. The number of amides is 2. The van der Waals surface area contributed by atoms with Gasteiger partial charge in [0.05, 0.1) is 22.3 Å². The van der Waals surface area contributed by atoms with Gasteiger partial charge in [-0.3, -0.25) is 9.69 Å². The molecule has 2 aliphatic rings. The third kappa shape index (κ3) is 12.3. The molecule has 3 aromatic carbocycles. The summed E-state index contributed by atoms with van der Waals surface area (Å²) in [7, 11) is -9.80. The molecule has 15 nitrogen and oxygen atoms in total. The predicted molar refractivity (Wildman–Crippen MR) is 259 cm³/mol. The van der Waals surface area contributed by atoms with Gasteiger partial charge in [0.1, 0.15) is 27.6 Å². The van der Waals surface area contributed by atoms with E-state index >= 15 is 0 Å². The van der Waals surface area contributed by atoms with Crippen molar-refractivity contribution in [1.29, 1.82) is 0 Å². The highest BCUT2D eigenvalue weighted by Crippen LogP contribution is 2.44. The van der Waals surface area contributed by atoms with Crippen molar-refractivity contribution in [1.82, 2.24) is 24.5 Å². The van der Waals surface area contributed by atoms with Gasteiger partial charge in [0, 0.05) is 81.2 Å². The number of halogens is 4. The van der Waals surface area contributed by atoms with Gasteiger partial charge in [0.25, 0.3) is 25.8 Å². The molecule has 1 fully saturated rings. The number of aromatic amines is 1. The van der Waals surface area contributed by atoms with Gasteiger partial charge in [0.2, 0.25) is 0 Å². The van der Waals surface area contributed by atoms with Crippen molar-refractivity contribution in [3.63, 3.8) is 0 Å². The van der Waals surface area contributed by atoms with E-state index in [2.05, 4.69) is 51.1 Å². The minimum Gasteiger partial charge on any atom is -0.455 e. The van der Waals surface area contributed by atoms with Crippen LogP contribution in [0, 0.1) is 5.41 Å². The van der Waals surface area contributed by atoms with Crippen molar-refractivity contribution in [3.8, 4) is 11.5 Å². The van der Waals surface area contributed by atoms with Crippen LogP contribution in [0.15, 0.2) is 101 Å². The van der Waals surface area contributed by atoms with Gasteiger partial charge in [0.15, 0.2) is 0 Å². The second kappa shape index (κ2) is 19.9. The SMILES string of the molecule is CN(CCNc1ccc(S(=O)(=O)NC(=O)c2ccc(N3CCN(CC4=C(c5ccc(Cl)cc5)CC(C)(C)CC4)CC3)cc2Oc2cnc3[nH]ccc3c2)cc1S(=O)(=O)C(F)(F)F)C(=O)OC(C)(C)C. The molecular formula is C48H55ClF3N7O8S2. The molecule has 3 heterocycles. The lowest BCUT2D eigenvalue weighted by atomic mass is 9.72. The molecule has 0 saturated carbocycles. The third-order valence-electron chi connectivity index (χ3n) is 11.9. The number of fused-ring (bicyclic) bond motifs is 1. The minimum absolute atomic E-state index is 0.0434. The lowest BCUT2D eigenvalue weighted by molar-refractivity contribution is -0.0436. The number of aromatic nitrogens is 2. The van der Waals surface area contributed by atoms with Gasteiger partial charge in [-0.25, -0.2) is 31.3 Å². The first-order valence-corrected chi connectivity index (χ1v) is 25.5. The zero-order valence-corrected chi connectivity index (χ0v) is 41.4. The maximum absolute atomic E-state index is 14.0. The smallest absolute Gasteiger partial charge is 0.455 e. The summed E-state index contributed by atoms with van der Waals surface area (Å²) in [4.78, 5) is 37.1. The van der Waals surface area contributed by atoms with Crippen LogP contribution in [-0.4, -0.2) is 113 Å². The number of sulfonamides is 1. The molecule has 21 heteroatoms. The van der Waals surface area contributed by atoms with Gasteiger partial charge < -0.3 is 29.6 Å². The van der Waals surface area contributed by atoms with E-state index in [1.807, 2.05) is 16.9 Å². The van der Waals surface area contributed by atoms with Crippen molar-refractivity contribution < 1.29 is 49.1 Å². The number of rotatable bonds is 14. The molecule has 2 amide bonds. The molecule has 0 atom stereocenters. The van der Waals surface area contributed by atoms with Crippen LogP contribution in [0.2, 0.25) is 5.02 Å². The first kappa shape index (κ1) is 51.0. The topological polar surface area (TPSA) is 183 Å². The summed E-state index contributed by atoms with van der Waals surface area (Å²) in [6.45, 7) is 12.7. The fourth-order valence-corrected chi connectivity index (χ4v) is 10.3. The summed E-state index contributed by atoms with van der Waals surface area (Å²) in [5.74, 6) is -1.02. The Hall–Kier alpha value is -5.83. The number of nitrogens with one attached hydrogen (secondary N) is 3. The number of pyridine rings is 1. The summed E-state index contributed by atoms with van der Waals surface area (Å²) in [5, 5.41) is 3.93. The molecule has 3 N–H and O–H groups in total. The molecule has 0 bridgehead atoms. The van der Waals surface area contributed by atoms with Gasteiger partial charge in [-0.05, 0) is 111 Å². The predicted octanol–water partition coefficient (Wildman–Crippen LogP) is 9.49. The van der Waals surface area contributed by atoms with Crippen LogP contribution in [0.25, 0.3) is 16.6 Å². The van der Waals surface area contributed by atoms with Crippen molar-refractivity contribution in [2.24, 2.45) is 5.41 Å². The van der Waals surface area contributed by atoms with E-state index < -0.39 is 58.4 Å². The Morgan fingerprint density at radius 2 is 1.65 bits per heavy atom. The Morgan fingerprint density at radius 3 is 2.33 bits per heavy atom. The zero-order valence-electron chi connectivity index (χ0n) is 39.0. The largest absolute Gasteiger partial charge is 0.501 e. The second-order valence-corrected chi connectivity index (χ2v) is 23.0. The lowest BCUT2D eigenvalue weighted by Gasteiger charge is -2.39. The second-order valence-electron chi connectivity index (χ2n) is 18.9. The van der Waals surface area contributed by atoms with Crippen LogP contribution in [0.5, 0.6) is 11.5 Å². The molecule has 1 saturated heterocycles. The average Bonchev–Trinajstić information content (AvgIpc) is 3.74. The fraction of sp³-hybridized carbons (Fsp3) is 0.396. The van der Waals surface area contributed by atoms with Gasteiger partial charge in [-0.15, -0.1) is 0 Å². The highest BCUT2D eigenvalue weighted by molar-refractivity contribution is 7.92. The normalized spacial score (nSPS) is 16.1. The maximum Gasteiger partial charge on any atom is 0.501 e. The molecule has 1 aliphatic carbocycles. The number of alkyl halides is 3. The molecular weight excluding hydrogens is 959 g/mol. The van der Waals surface area contributed by atoms with Crippen LogP contribution in [0.4, 0.5) is 29.3 Å². The summed E-state index contributed by atoms with van der Waals surface area (Å²) in [5.41, 5.74) is -2.12. The fourth-order valence-electron chi connectivity index (χ4n) is 8.17. The number of hydrogen-bond donors (Lipinski definition) is 3.